The average Bonchev–Trinajstić information content (AvgIpc) is 2.48. The molecule has 1 aromatic rings. The number of hydrogen-bond acceptors (Lipinski definition) is 4. The number of quaternary nitrogens is 1. The number of nitrogens with zero attached hydrogens (tertiary/aromatic N) is 3. The zero-order chi connectivity index (χ0) is 13.1. The van der Waals surface area contributed by atoms with Crippen molar-refractivity contribution in [3.05, 3.63) is 16.7 Å². The summed E-state index contributed by atoms with van der Waals surface area (Å²) in [6, 6.07) is 0.862. The first-order chi connectivity index (χ1) is 9.33. The Labute approximate surface area is 112 Å². The molecular formula is C13H22N5O+. The lowest BCUT2D eigenvalue weighted by Crippen LogP contribution is -3.18. The largest absolute Gasteiger partial charge is 0.363 e. The van der Waals surface area contributed by atoms with Crippen LogP contribution in [0.5, 0.6) is 0 Å². The van der Waals surface area contributed by atoms with Gasteiger partial charge in [0.1, 0.15) is 0 Å². The molecule has 1 aliphatic heterocycles. The van der Waals surface area contributed by atoms with Crippen LogP contribution < -0.4 is 15.5 Å². The van der Waals surface area contributed by atoms with Crippen LogP contribution in [-0.4, -0.2) is 47.4 Å². The molecule has 0 spiro atoms. The maximum atomic E-state index is 11.2. The lowest BCUT2D eigenvalue weighted by atomic mass is 9.94. The fourth-order valence-corrected chi connectivity index (χ4v) is 3.40. The SMILES string of the molecule is O=c1nc(N2CC[NH+](C3CCCCC3)CC2)cn[nH]1. The molecule has 1 saturated heterocycles. The molecule has 0 atom stereocenters. The Morgan fingerprint density at radius 2 is 1.95 bits per heavy atom. The fraction of sp³-hybridized carbons (Fsp3) is 0.769. The smallest absolute Gasteiger partial charge is 0.344 e. The minimum atomic E-state index is -0.362. The lowest BCUT2D eigenvalue weighted by Gasteiger charge is -2.38. The van der Waals surface area contributed by atoms with Crippen LogP contribution in [0.3, 0.4) is 0 Å². The van der Waals surface area contributed by atoms with Crippen LogP contribution in [0.1, 0.15) is 32.1 Å². The second-order valence-corrected chi connectivity index (χ2v) is 5.63. The molecule has 19 heavy (non-hydrogen) atoms. The highest BCUT2D eigenvalue weighted by Crippen LogP contribution is 2.16. The van der Waals surface area contributed by atoms with Gasteiger partial charge in [-0.25, -0.2) is 9.89 Å². The first-order valence-corrected chi connectivity index (χ1v) is 7.34. The Bertz CT molecular complexity index is 460. The van der Waals surface area contributed by atoms with Crippen LogP contribution in [0.4, 0.5) is 5.82 Å². The number of nitrogens with one attached hydrogen (secondary N) is 2. The molecule has 2 fully saturated rings. The molecule has 2 heterocycles. The van der Waals surface area contributed by atoms with Gasteiger partial charge in [-0.3, -0.25) is 0 Å². The molecule has 1 aliphatic carbocycles. The minimum Gasteiger partial charge on any atom is -0.344 e. The van der Waals surface area contributed by atoms with E-state index in [0.717, 1.165) is 32.2 Å². The van der Waals surface area contributed by atoms with E-state index in [9.17, 15) is 4.79 Å². The minimum absolute atomic E-state index is 0.362. The third-order valence-electron chi connectivity index (χ3n) is 4.47. The van der Waals surface area contributed by atoms with Gasteiger partial charge in [-0.15, -0.1) is 0 Å². The Hall–Kier alpha value is -1.43. The highest BCUT2D eigenvalue weighted by molar-refractivity contribution is 5.34. The predicted octanol–water partition coefficient (Wildman–Crippen LogP) is -0.797. The van der Waals surface area contributed by atoms with Gasteiger partial charge in [0.05, 0.1) is 38.4 Å². The second kappa shape index (κ2) is 5.69. The van der Waals surface area contributed by atoms with Crippen LogP contribution in [0.25, 0.3) is 0 Å². The second-order valence-electron chi connectivity index (χ2n) is 5.63. The Morgan fingerprint density at radius 3 is 2.63 bits per heavy atom. The van der Waals surface area contributed by atoms with Gasteiger partial charge in [-0.2, -0.15) is 10.1 Å². The molecule has 0 aromatic carbocycles. The van der Waals surface area contributed by atoms with Crippen molar-refractivity contribution in [2.75, 3.05) is 31.1 Å². The van der Waals surface area contributed by atoms with Crippen molar-refractivity contribution in [3.63, 3.8) is 0 Å². The molecule has 0 amide bonds. The quantitative estimate of drug-likeness (QED) is 0.734. The highest BCUT2D eigenvalue weighted by atomic mass is 16.1. The summed E-state index contributed by atoms with van der Waals surface area (Å²) in [5.74, 6) is 0.714. The number of anilines is 1. The molecule has 1 saturated carbocycles. The number of aromatic amines is 1. The normalized spacial score (nSPS) is 22.6. The summed E-state index contributed by atoms with van der Waals surface area (Å²) in [5, 5.41) is 6.14. The van der Waals surface area contributed by atoms with Crippen LogP contribution in [0.2, 0.25) is 0 Å². The molecule has 104 valence electrons. The molecule has 0 bridgehead atoms. The van der Waals surface area contributed by atoms with Gasteiger partial charge in [-0.1, -0.05) is 6.42 Å². The molecular weight excluding hydrogens is 242 g/mol. The van der Waals surface area contributed by atoms with Crippen molar-refractivity contribution in [1.29, 1.82) is 0 Å². The van der Waals surface area contributed by atoms with E-state index in [1.54, 1.807) is 11.1 Å². The van der Waals surface area contributed by atoms with Gasteiger partial charge in [0.15, 0.2) is 5.82 Å². The Balaban J connectivity index is 1.58. The summed E-state index contributed by atoms with van der Waals surface area (Å²) >= 11 is 0. The molecule has 1 aromatic heterocycles. The lowest BCUT2D eigenvalue weighted by molar-refractivity contribution is -0.927. The summed E-state index contributed by atoms with van der Waals surface area (Å²) < 4.78 is 0. The molecule has 0 radical (unpaired) electrons. The molecule has 6 heteroatoms. The number of piperazine rings is 1. The number of hydrogen-bond donors (Lipinski definition) is 2. The topological polar surface area (TPSA) is 66.3 Å². The molecule has 2 N–H and O–H groups in total. The summed E-state index contributed by atoms with van der Waals surface area (Å²) in [7, 11) is 0. The van der Waals surface area contributed by atoms with Gasteiger partial charge in [-0.05, 0) is 25.7 Å². The first kappa shape index (κ1) is 12.6. The molecule has 2 aliphatic rings. The fourth-order valence-electron chi connectivity index (χ4n) is 3.40. The highest BCUT2D eigenvalue weighted by Gasteiger charge is 2.28. The van der Waals surface area contributed by atoms with Crippen LogP contribution in [0.15, 0.2) is 11.0 Å². The summed E-state index contributed by atoms with van der Waals surface area (Å²) in [5.41, 5.74) is -0.362. The van der Waals surface area contributed by atoms with E-state index >= 15 is 0 Å². The number of aromatic nitrogens is 3. The monoisotopic (exact) mass is 264 g/mol. The number of rotatable bonds is 2. The maximum Gasteiger partial charge on any atom is 0.363 e. The van der Waals surface area contributed by atoms with Crippen LogP contribution >= 0.6 is 0 Å². The van der Waals surface area contributed by atoms with Gasteiger partial charge in [0.25, 0.3) is 0 Å². The first-order valence-electron chi connectivity index (χ1n) is 7.34. The van der Waals surface area contributed by atoms with E-state index in [0.29, 0.717) is 5.82 Å². The van der Waals surface area contributed by atoms with Crippen molar-refractivity contribution in [3.8, 4) is 0 Å². The van der Waals surface area contributed by atoms with E-state index in [1.807, 2.05) is 0 Å². The third-order valence-corrected chi connectivity index (χ3v) is 4.47. The van der Waals surface area contributed by atoms with Crippen molar-refractivity contribution in [1.82, 2.24) is 15.2 Å². The Kier molecular flexibility index (Phi) is 3.77. The molecule has 3 rings (SSSR count). The zero-order valence-electron chi connectivity index (χ0n) is 11.3. The van der Waals surface area contributed by atoms with Crippen molar-refractivity contribution < 1.29 is 4.90 Å². The van der Waals surface area contributed by atoms with Crippen LogP contribution in [-0.2, 0) is 0 Å². The summed E-state index contributed by atoms with van der Waals surface area (Å²) in [4.78, 5) is 19.1. The van der Waals surface area contributed by atoms with E-state index in [2.05, 4.69) is 20.1 Å². The molecule has 0 unspecified atom stereocenters. The van der Waals surface area contributed by atoms with E-state index in [1.165, 1.54) is 32.1 Å². The average molecular weight is 264 g/mol. The third kappa shape index (κ3) is 2.94. The van der Waals surface area contributed by atoms with Crippen molar-refractivity contribution >= 4 is 5.82 Å². The van der Waals surface area contributed by atoms with Gasteiger partial charge >= 0.3 is 5.69 Å². The summed E-state index contributed by atoms with van der Waals surface area (Å²) in [6.07, 6.45) is 8.64. The van der Waals surface area contributed by atoms with Gasteiger partial charge in [0.2, 0.25) is 0 Å². The Morgan fingerprint density at radius 1 is 1.21 bits per heavy atom. The van der Waals surface area contributed by atoms with Crippen molar-refractivity contribution in [2.24, 2.45) is 0 Å². The predicted molar refractivity (Wildman–Crippen MR) is 72.4 cm³/mol. The standard InChI is InChI=1S/C13H21N5O/c19-13-15-12(10-14-16-13)18-8-6-17(7-9-18)11-4-2-1-3-5-11/h10-11H,1-9H2,(H,15,16,19)/p+1. The van der Waals surface area contributed by atoms with Crippen molar-refractivity contribution in [2.45, 2.75) is 38.1 Å². The van der Waals surface area contributed by atoms with E-state index in [4.69, 9.17) is 0 Å². The maximum absolute atomic E-state index is 11.2. The van der Waals surface area contributed by atoms with Gasteiger partial charge in [0, 0.05) is 0 Å². The van der Waals surface area contributed by atoms with Crippen LogP contribution in [0, 0.1) is 0 Å². The number of H-pyrrole nitrogens is 1. The van der Waals surface area contributed by atoms with E-state index in [-0.39, 0.29) is 5.69 Å². The van der Waals surface area contributed by atoms with Gasteiger partial charge < -0.3 is 9.80 Å². The molecule has 6 nitrogen and oxygen atoms in total. The summed E-state index contributed by atoms with van der Waals surface area (Å²) in [6.45, 7) is 4.26. The zero-order valence-corrected chi connectivity index (χ0v) is 11.3. The van der Waals surface area contributed by atoms with E-state index < -0.39 is 0 Å².